The molecule has 1 atom stereocenters. The van der Waals surface area contributed by atoms with Crippen molar-refractivity contribution in [1.29, 1.82) is 0 Å². The van der Waals surface area contributed by atoms with Gasteiger partial charge in [-0.3, -0.25) is 4.79 Å². The standard InChI is InChI=1S/C11H21NO4S/c1-3-4-8-17(15,16)12-7-5-6-11(2,9-12)10(13)14/h3-9H2,1-2H3,(H,13,14). The highest BCUT2D eigenvalue weighted by atomic mass is 32.2. The molecule has 17 heavy (non-hydrogen) atoms. The van der Waals surface area contributed by atoms with Gasteiger partial charge in [-0.25, -0.2) is 12.7 Å². The number of carbonyl (C=O) groups is 1. The number of carboxylic acid groups (broad SMARTS) is 1. The van der Waals surface area contributed by atoms with Crippen LogP contribution < -0.4 is 0 Å². The number of carboxylic acids is 1. The second kappa shape index (κ2) is 5.35. The topological polar surface area (TPSA) is 74.7 Å². The van der Waals surface area contributed by atoms with E-state index in [2.05, 4.69) is 0 Å². The molecule has 6 heteroatoms. The highest BCUT2D eigenvalue weighted by Gasteiger charge is 2.41. The van der Waals surface area contributed by atoms with E-state index in [0.29, 0.717) is 25.8 Å². The summed E-state index contributed by atoms with van der Waals surface area (Å²) in [4.78, 5) is 11.1. The molecule has 100 valence electrons. The molecule has 1 heterocycles. The highest BCUT2D eigenvalue weighted by Crippen LogP contribution is 2.31. The summed E-state index contributed by atoms with van der Waals surface area (Å²) >= 11 is 0. The SMILES string of the molecule is CCCCS(=O)(=O)N1CCCC(C)(C(=O)O)C1. The Morgan fingerprint density at radius 3 is 2.65 bits per heavy atom. The first-order chi connectivity index (χ1) is 7.82. The molecule has 1 rings (SSSR count). The largest absolute Gasteiger partial charge is 0.481 e. The molecule has 1 aliphatic rings. The van der Waals surface area contributed by atoms with Gasteiger partial charge in [0.25, 0.3) is 0 Å². The molecule has 0 amide bonds. The van der Waals surface area contributed by atoms with Crippen molar-refractivity contribution in [1.82, 2.24) is 4.31 Å². The van der Waals surface area contributed by atoms with Crippen molar-refractivity contribution in [2.45, 2.75) is 39.5 Å². The summed E-state index contributed by atoms with van der Waals surface area (Å²) in [6.07, 6.45) is 2.61. The number of piperidine rings is 1. The van der Waals surface area contributed by atoms with E-state index >= 15 is 0 Å². The van der Waals surface area contributed by atoms with E-state index < -0.39 is 21.4 Å². The number of nitrogens with zero attached hydrogens (tertiary/aromatic N) is 1. The molecule has 0 aliphatic carbocycles. The summed E-state index contributed by atoms with van der Waals surface area (Å²) in [7, 11) is -3.28. The summed E-state index contributed by atoms with van der Waals surface area (Å²) < 4.78 is 25.3. The summed E-state index contributed by atoms with van der Waals surface area (Å²) in [5.74, 6) is -0.785. The van der Waals surface area contributed by atoms with Crippen LogP contribution in [0.3, 0.4) is 0 Å². The Balaban J connectivity index is 2.76. The van der Waals surface area contributed by atoms with Gasteiger partial charge in [-0.1, -0.05) is 13.3 Å². The van der Waals surface area contributed by atoms with Crippen molar-refractivity contribution in [3.63, 3.8) is 0 Å². The molecule has 1 aliphatic heterocycles. The van der Waals surface area contributed by atoms with Crippen LogP contribution in [0.5, 0.6) is 0 Å². The Morgan fingerprint density at radius 1 is 1.47 bits per heavy atom. The first-order valence-electron chi connectivity index (χ1n) is 6.03. The Bertz CT molecular complexity index is 379. The molecule has 0 saturated carbocycles. The molecule has 0 aromatic rings. The minimum Gasteiger partial charge on any atom is -0.481 e. The van der Waals surface area contributed by atoms with E-state index in [1.807, 2.05) is 6.92 Å². The third-order valence-corrected chi connectivity index (χ3v) is 5.23. The number of hydrogen-bond acceptors (Lipinski definition) is 3. The van der Waals surface area contributed by atoms with Crippen LogP contribution in [0.2, 0.25) is 0 Å². The summed E-state index contributed by atoms with van der Waals surface area (Å²) in [5.41, 5.74) is -0.933. The molecule has 0 spiro atoms. The van der Waals surface area contributed by atoms with Crippen LogP contribution in [-0.4, -0.2) is 42.6 Å². The average molecular weight is 263 g/mol. The van der Waals surface area contributed by atoms with Crippen molar-refractivity contribution in [2.24, 2.45) is 5.41 Å². The fraction of sp³-hybridized carbons (Fsp3) is 0.909. The van der Waals surface area contributed by atoms with Crippen molar-refractivity contribution >= 4 is 16.0 Å². The van der Waals surface area contributed by atoms with E-state index in [1.54, 1.807) is 6.92 Å². The third kappa shape index (κ3) is 3.42. The van der Waals surface area contributed by atoms with Gasteiger partial charge >= 0.3 is 5.97 Å². The Hall–Kier alpha value is -0.620. The zero-order valence-electron chi connectivity index (χ0n) is 10.5. The van der Waals surface area contributed by atoms with Gasteiger partial charge in [0, 0.05) is 13.1 Å². The molecule has 0 bridgehead atoms. The van der Waals surface area contributed by atoms with Crippen LogP contribution in [0.4, 0.5) is 0 Å². The van der Waals surface area contributed by atoms with E-state index in [1.165, 1.54) is 4.31 Å². The lowest BCUT2D eigenvalue weighted by Gasteiger charge is -2.36. The third-order valence-electron chi connectivity index (χ3n) is 3.33. The van der Waals surface area contributed by atoms with Gasteiger partial charge in [0.1, 0.15) is 0 Å². The normalized spacial score (nSPS) is 26.9. The Morgan fingerprint density at radius 2 is 2.12 bits per heavy atom. The van der Waals surface area contributed by atoms with Crippen molar-refractivity contribution in [3.8, 4) is 0 Å². The maximum absolute atomic E-state index is 12.0. The quantitative estimate of drug-likeness (QED) is 0.811. The number of hydrogen-bond donors (Lipinski definition) is 1. The molecule has 5 nitrogen and oxygen atoms in total. The fourth-order valence-corrected chi connectivity index (χ4v) is 3.86. The van der Waals surface area contributed by atoms with Crippen molar-refractivity contribution in [3.05, 3.63) is 0 Å². The molecule has 1 unspecified atom stereocenters. The predicted octanol–water partition coefficient (Wildman–Crippen LogP) is 1.30. The first-order valence-corrected chi connectivity index (χ1v) is 7.64. The van der Waals surface area contributed by atoms with Crippen molar-refractivity contribution in [2.75, 3.05) is 18.8 Å². The Kier molecular flexibility index (Phi) is 4.55. The van der Waals surface area contributed by atoms with Gasteiger partial charge < -0.3 is 5.11 Å². The number of unbranched alkanes of at least 4 members (excludes halogenated alkanes) is 1. The van der Waals surface area contributed by atoms with Crippen LogP contribution in [-0.2, 0) is 14.8 Å². The number of sulfonamides is 1. The number of aliphatic carboxylic acids is 1. The van der Waals surface area contributed by atoms with Crippen LogP contribution >= 0.6 is 0 Å². The molecular weight excluding hydrogens is 242 g/mol. The van der Waals surface area contributed by atoms with Gasteiger partial charge in [-0.15, -0.1) is 0 Å². The molecular formula is C11H21NO4S. The molecule has 1 saturated heterocycles. The van der Waals surface area contributed by atoms with Crippen molar-refractivity contribution < 1.29 is 18.3 Å². The van der Waals surface area contributed by atoms with Crippen LogP contribution in [0.15, 0.2) is 0 Å². The summed E-state index contributed by atoms with van der Waals surface area (Å²) in [6.45, 7) is 4.12. The van der Waals surface area contributed by atoms with Crippen LogP contribution in [0.25, 0.3) is 0 Å². The van der Waals surface area contributed by atoms with E-state index in [0.717, 1.165) is 6.42 Å². The maximum Gasteiger partial charge on any atom is 0.310 e. The van der Waals surface area contributed by atoms with Gasteiger partial charge in [-0.2, -0.15) is 0 Å². The number of rotatable bonds is 5. The molecule has 1 N–H and O–H groups in total. The first kappa shape index (κ1) is 14.4. The fourth-order valence-electron chi connectivity index (χ4n) is 2.06. The molecule has 0 aromatic carbocycles. The predicted molar refractivity (Wildman–Crippen MR) is 65.2 cm³/mol. The zero-order chi connectivity index (χ0) is 13.1. The highest BCUT2D eigenvalue weighted by molar-refractivity contribution is 7.89. The Labute approximate surface area is 103 Å². The maximum atomic E-state index is 12.0. The summed E-state index contributed by atoms with van der Waals surface area (Å²) in [6, 6.07) is 0. The second-order valence-corrected chi connectivity index (χ2v) is 7.06. The van der Waals surface area contributed by atoms with E-state index in [-0.39, 0.29) is 12.3 Å². The van der Waals surface area contributed by atoms with E-state index in [4.69, 9.17) is 5.11 Å². The van der Waals surface area contributed by atoms with Gasteiger partial charge in [0.2, 0.25) is 10.0 Å². The molecule has 0 aromatic heterocycles. The van der Waals surface area contributed by atoms with Gasteiger partial charge in [0.15, 0.2) is 0 Å². The lowest BCUT2D eigenvalue weighted by atomic mass is 9.83. The molecule has 1 fully saturated rings. The summed E-state index contributed by atoms with van der Waals surface area (Å²) in [5, 5.41) is 9.14. The zero-order valence-corrected chi connectivity index (χ0v) is 11.3. The second-order valence-electron chi connectivity index (χ2n) is 4.97. The minimum atomic E-state index is -3.28. The van der Waals surface area contributed by atoms with Crippen LogP contribution in [0.1, 0.15) is 39.5 Å². The van der Waals surface area contributed by atoms with Gasteiger partial charge in [0.05, 0.1) is 11.2 Å². The average Bonchev–Trinajstić information content (AvgIpc) is 2.26. The van der Waals surface area contributed by atoms with Gasteiger partial charge in [-0.05, 0) is 26.2 Å². The lowest BCUT2D eigenvalue weighted by molar-refractivity contribution is -0.150. The lowest BCUT2D eigenvalue weighted by Crippen LogP contribution is -2.48. The monoisotopic (exact) mass is 263 g/mol. The van der Waals surface area contributed by atoms with E-state index in [9.17, 15) is 13.2 Å². The van der Waals surface area contributed by atoms with Crippen LogP contribution in [0, 0.1) is 5.41 Å². The minimum absolute atomic E-state index is 0.106. The smallest absolute Gasteiger partial charge is 0.310 e. The molecule has 0 radical (unpaired) electrons.